The molecule has 1 aromatic carbocycles. The van der Waals surface area contributed by atoms with Crippen LogP contribution in [0.4, 0.5) is 5.69 Å². The highest BCUT2D eigenvalue weighted by Gasteiger charge is 2.25. The van der Waals surface area contributed by atoms with Gasteiger partial charge in [-0.2, -0.15) is 0 Å². The van der Waals surface area contributed by atoms with Crippen LogP contribution in [0.2, 0.25) is 0 Å². The van der Waals surface area contributed by atoms with E-state index in [1.165, 1.54) is 18.5 Å². The lowest BCUT2D eigenvalue weighted by Crippen LogP contribution is -2.35. The third-order valence-electron chi connectivity index (χ3n) is 4.81. The van der Waals surface area contributed by atoms with Gasteiger partial charge in [-0.3, -0.25) is 9.78 Å². The Morgan fingerprint density at radius 3 is 2.81 bits per heavy atom. The first-order valence-electron chi connectivity index (χ1n) is 8.78. The molecule has 26 heavy (non-hydrogen) atoms. The molecule has 6 heteroatoms. The second kappa shape index (κ2) is 9.93. The molecule has 0 spiro atoms. The van der Waals surface area contributed by atoms with E-state index in [0.717, 1.165) is 29.5 Å². The summed E-state index contributed by atoms with van der Waals surface area (Å²) in [6.07, 6.45) is 7.32. The highest BCUT2D eigenvalue weighted by molar-refractivity contribution is 9.10. The summed E-state index contributed by atoms with van der Waals surface area (Å²) in [5.41, 5.74) is 2.23. The van der Waals surface area contributed by atoms with Crippen LogP contribution < -0.4 is 4.90 Å². The Labute approximate surface area is 170 Å². The molecule has 1 atom stereocenters. The second-order valence-electron chi connectivity index (χ2n) is 6.62. The fourth-order valence-electron chi connectivity index (χ4n) is 3.42. The van der Waals surface area contributed by atoms with Crippen molar-refractivity contribution in [1.82, 2.24) is 9.88 Å². The molecule has 0 bridgehead atoms. The van der Waals surface area contributed by atoms with E-state index in [2.05, 4.69) is 56.1 Å². The third-order valence-corrected chi connectivity index (χ3v) is 5.24. The molecule has 0 N–H and O–H groups in total. The number of carbonyl (C=O) groups is 1. The lowest BCUT2D eigenvalue weighted by Gasteiger charge is -2.28. The molecule has 3 rings (SSSR count). The molecule has 1 amide bonds. The first-order chi connectivity index (χ1) is 12.1. The summed E-state index contributed by atoms with van der Waals surface area (Å²) in [5, 5.41) is 0. The maximum atomic E-state index is 12.4. The maximum absolute atomic E-state index is 12.4. The number of pyridine rings is 1. The maximum Gasteiger partial charge on any atom is 0.226 e. The zero-order valence-corrected chi connectivity index (χ0v) is 17.4. The van der Waals surface area contributed by atoms with Gasteiger partial charge < -0.3 is 9.80 Å². The Hall–Kier alpha value is -1.59. The standard InChI is InChI=1S/C20H24BrN3O.ClH/c1-23(20(25)13-16-12-17(21)15-22-14-16)11-9-19-8-5-10-24(19)18-6-3-2-4-7-18;/h2-4,6-7,12,14-15,19H,5,8-11,13H2,1H3;1H. The molecule has 2 heterocycles. The number of likely N-dealkylation sites (N-methyl/N-ethyl adjacent to an activating group) is 1. The van der Waals surface area contributed by atoms with E-state index in [-0.39, 0.29) is 18.3 Å². The summed E-state index contributed by atoms with van der Waals surface area (Å²) in [4.78, 5) is 20.9. The molecule has 0 saturated carbocycles. The summed E-state index contributed by atoms with van der Waals surface area (Å²) in [5.74, 6) is 0.143. The summed E-state index contributed by atoms with van der Waals surface area (Å²) >= 11 is 3.40. The van der Waals surface area contributed by atoms with E-state index in [4.69, 9.17) is 0 Å². The van der Waals surface area contributed by atoms with Crippen molar-refractivity contribution >= 4 is 39.9 Å². The van der Waals surface area contributed by atoms with E-state index in [0.29, 0.717) is 12.5 Å². The minimum Gasteiger partial charge on any atom is -0.368 e. The van der Waals surface area contributed by atoms with Crippen LogP contribution in [0.25, 0.3) is 0 Å². The first-order valence-corrected chi connectivity index (χ1v) is 9.58. The number of hydrogen-bond acceptors (Lipinski definition) is 3. The lowest BCUT2D eigenvalue weighted by atomic mass is 10.1. The number of anilines is 1. The van der Waals surface area contributed by atoms with Crippen molar-refractivity contribution in [2.24, 2.45) is 0 Å². The van der Waals surface area contributed by atoms with E-state index in [1.807, 2.05) is 18.0 Å². The number of amides is 1. The molecule has 1 aliphatic heterocycles. The van der Waals surface area contributed by atoms with Crippen LogP contribution in [0.5, 0.6) is 0 Å². The van der Waals surface area contributed by atoms with Gasteiger partial charge in [0.05, 0.1) is 6.42 Å². The smallest absolute Gasteiger partial charge is 0.226 e. The van der Waals surface area contributed by atoms with Gasteiger partial charge in [0.25, 0.3) is 0 Å². The first kappa shape index (κ1) is 20.7. The third kappa shape index (κ3) is 5.45. The van der Waals surface area contributed by atoms with Crippen LogP contribution in [0.1, 0.15) is 24.8 Å². The lowest BCUT2D eigenvalue weighted by molar-refractivity contribution is -0.129. The fraction of sp³-hybridized carbons (Fsp3) is 0.400. The normalized spacial score (nSPS) is 16.2. The van der Waals surface area contributed by atoms with Crippen LogP contribution in [-0.2, 0) is 11.2 Å². The minimum atomic E-state index is 0. The number of hydrogen-bond donors (Lipinski definition) is 0. The average Bonchev–Trinajstić information content (AvgIpc) is 3.09. The van der Waals surface area contributed by atoms with Crippen molar-refractivity contribution < 1.29 is 4.79 Å². The quantitative estimate of drug-likeness (QED) is 0.674. The Bertz CT molecular complexity index is 713. The molecule has 2 aromatic rings. The van der Waals surface area contributed by atoms with Gasteiger partial charge in [0.2, 0.25) is 5.91 Å². The Morgan fingerprint density at radius 1 is 1.31 bits per heavy atom. The number of nitrogens with zero attached hydrogens (tertiary/aromatic N) is 3. The fourth-order valence-corrected chi connectivity index (χ4v) is 3.84. The Kier molecular flexibility index (Phi) is 7.91. The van der Waals surface area contributed by atoms with Gasteiger partial charge in [-0.1, -0.05) is 18.2 Å². The van der Waals surface area contributed by atoms with Crippen molar-refractivity contribution in [1.29, 1.82) is 0 Å². The van der Waals surface area contributed by atoms with E-state index in [1.54, 1.807) is 12.4 Å². The predicted molar refractivity (Wildman–Crippen MR) is 112 cm³/mol. The molecule has 1 saturated heterocycles. The van der Waals surface area contributed by atoms with Crippen molar-refractivity contribution in [3.63, 3.8) is 0 Å². The zero-order chi connectivity index (χ0) is 17.6. The molecule has 1 aliphatic rings. The van der Waals surface area contributed by atoms with Crippen molar-refractivity contribution in [2.45, 2.75) is 31.7 Å². The van der Waals surface area contributed by atoms with Gasteiger partial charge in [-0.05, 0) is 59.0 Å². The minimum absolute atomic E-state index is 0. The van der Waals surface area contributed by atoms with Crippen LogP contribution in [0.3, 0.4) is 0 Å². The van der Waals surface area contributed by atoms with Crippen LogP contribution in [0, 0.1) is 0 Å². The second-order valence-corrected chi connectivity index (χ2v) is 7.53. The molecule has 0 aliphatic carbocycles. The highest BCUT2D eigenvalue weighted by Crippen LogP contribution is 2.27. The molecule has 140 valence electrons. The largest absolute Gasteiger partial charge is 0.368 e. The van der Waals surface area contributed by atoms with E-state index in [9.17, 15) is 4.79 Å². The molecule has 4 nitrogen and oxygen atoms in total. The van der Waals surface area contributed by atoms with Crippen molar-refractivity contribution in [3.8, 4) is 0 Å². The number of carbonyl (C=O) groups excluding carboxylic acids is 1. The Balaban J connectivity index is 0.00000243. The van der Waals surface area contributed by atoms with E-state index >= 15 is 0 Å². The van der Waals surface area contributed by atoms with E-state index < -0.39 is 0 Å². The van der Waals surface area contributed by atoms with Crippen molar-refractivity contribution in [2.75, 3.05) is 25.0 Å². The number of halogens is 2. The van der Waals surface area contributed by atoms with Gasteiger partial charge in [0.1, 0.15) is 0 Å². The van der Waals surface area contributed by atoms with Gasteiger partial charge in [-0.25, -0.2) is 0 Å². The van der Waals surface area contributed by atoms with Gasteiger partial charge in [-0.15, -0.1) is 12.4 Å². The summed E-state index contributed by atoms with van der Waals surface area (Å²) < 4.78 is 0.907. The molecular formula is C20H25BrClN3O. The van der Waals surface area contributed by atoms with Crippen LogP contribution >= 0.6 is 28.3 Å². The number of benzene rings is 1. The molecular weight excluding hydrogens is 414 g/mol. The molecule has 0 radical (unpaired) electrons. The van der Waals surface area contributed by atoms with Gasteiger partial charge in [0, 0.05) is 48.7 Å². The molecule has 1 aromatic heterocycles. The number of rotatable bonds is 6. The summed E-state index contributed by atoms with van der Waals surface area (Å²) in [6.45, 7) is 1.89. The number of aromatic nitrogens is 1. The topological polar surface area (TPSA) is 36.4 Å². The SMILES string of the molecule is CN(CCC1CCCN1c1ccccc1)C(=O)Cc1cncc(Br)c1.Cl. The number of para-hydroxylation sites is 1. The predicted octanol–water partition coefficient (Wildman–Crippen LogP) is 4.33. The highest BCUT2D eigenvalue weighted by atomic mass is 79.9. The van der Waals surface area contributed by atoms with Crippen molar-refractivity contribution in [3.05, 3.63) is 58.8 Å². The van der Waals surface area contributed by atoms with Gasteiger partial charge in [0.15, 0.2) is 0 Å². The molecule has 1 unspecified atom stereocenters. The van der Waals surface area contributed by atoms with Crippen LogP contribution in [-0.4, -0.2) is 42.0 Å². The zero-order valence-electron chi connectivity index (χ0n) is 15.0. The summed E-state index contributed by atoms with van der Waals surface area (Å²) in [7, 11) is 1.90. The van der Waals surface area contributed by atoms with Gasteiger partial charge >= 0.3 is 0 Å². The average molecular weight is 439 g/mol. The monoisotopic (exact) mass is 437 g/mol. The van der Waals surface area contributed by atoms with Crippen LogP contribution in [0.15, 0.2) is 53.3 Å². The summed E-state index contributed by atoms with van der Waals surface area (Å²) in [6, 6.07) is 13.1. The Morgan fingerprint density at radius 2 is 2.08 bits per heavy atom. The molecule has 1 fully saturated rings.